The first kappa shape index (κ1) is 17.1. The van der Waals surface area contributed by atoms with Crippen LogP contribution in [0.25, 0.3) is 0 Å². The van der Waals surface area contributed by atoms with E-state index in [0.29, 0.717) is 6.61 Å². The molecule has 0 aromatic rings. The fourth-order valence-electron chi connectivity index (χ4n) is 0.982. The van der Waals surface area contributed by atoms with Crippen LogP contribution in [0.1, 0.15) is 33.6 Å². The van der Waals surface area contributed by atoms with Gasteiger partial charge in [-0.15, -0.1) is 0 Å². The minimum atomic E-state index is -2.23. The predicted molar refractivity (Wildman–Crippen MR) is 67.8 cm³/mol. The molecule has 18 heavy (non-hydrogen) atoms. The summed E-state index contributed by atoms with van der Waals surface area (Å²) in [4.78, 5) is 40.5. The first-order valence-corrected chi connectivity index (χ1v) is 7.10. The Kier molecular flexibility index (Phi) is 8.62. The molecule has 0 fully saturated rings. The highest BCUT2D eigenvalue weighted by Crippen LogP contribution is 2.27. The summed E-state index contributed by atoms with van der Waals surface area (Å²) in [6, 6.07) is -0.795. The van der Waals surface area contributed by atoms with Crippen LogP contribution in [0.15, 0.2) is 0 Å². The molecule has 0 aliphatic heterocycles. The van der Waals surface area contributed by atoms with Gasteiger partial charge in [0, 0.05) is 0 Å². The largest absolute Gasteiger partial charge is 0.450 e. The SMILES string of the molecule is CCCCOC(=O)N[C@@H](C)C(=O)NC(C)P(O)O. The molecule has 8 heteroatoms. The quantitative estimate of drug-likeness (QED) is 0.405. The van der Waals surface area contributed by atoms with Crippen molar-refractivity contribution in [1.82, 2.24) is 10.6 Å². The van der Waals surface area contributed by atoms with Crippen LogP contribution in [0.5, 0.6) is 0 Å². The lowest BCUT2D eigenvalue weighted by Gasteiger charge is -2.18. The standard InChI is InChI=1S/C10H21N2O5P/c1-4-5-6-17-10(14)11-7(2)9(13)12-8(3)18(15)16/h7-8,15-16H,4-6H2,1-3H3,(H,11,14)(H,12,13)/t7-,8?/m0/s1. The van der Waals surface area contributed by atoms with E-state index in [1.807, 2.05) is 6.92 Å². The van der Waals surface area contributed by atoms with Crippen LogP contribution < -0.4 is 10.6 Å². The molecule has 106 valence electrons. The third-order valence-electron chi connectivity index (χ3n) is 2.16. The summed E-state index contributed by atoms with van der Waals surface area (Å²) in [5, 5.41) is 4.72. The third kappa shape index (κ3) is 7.42. The fraction of sp³-hybridized carbons (Fsp3) is 0.800. The Morgan fingerprint density at radius 3 is 2.39 bits per heavy atom. The molecule has 0 radical (unpaired) electrons. The number of carbonyl (C=O) groups excluding carboxylic acids is 2. The number of alkyl carbamates (subject to hydrolysis) is 1. The number of hydrogen-bond donors (Lipinski definition) is 4. The number of hydrogen-bond acceptors (Lipinski definition) is 5. The number of amides is 2. The second-order valence-electron chi connectivity index (χ2n) is 3.86. The van der Waals surface area contributed by atoms with Gasteiger partial charge < -0.3 is 25.2 Å². The second-order valence-corrected chi connectivity index (χ2v) is 5.28. The summed E-state index contributed by atoms with van der Waals surface area (Å²) in [6.45, 7) is 5.24. The molecule has 0 saturated heterocycles. The topological polar surface area (TPSA) is 108 Å². The molecule has 1 unspecified atom stereocenters. The van der Waals surface area contributed by atoms with Crippen LogP contribution in [0, 0.1) is 0 Å². The summed E-state index contributed by atoms with van der Waals surface area (Å²) in [5.74, 6) is -1.24. The van der Waals surface area contributed by atoms with E-state index in [1.165, 1.54) is 13.8 Å². The Labute approximate surface area is 108 Å². The second kappa shape index (κ2) is 9.08. The van der Waals surface area contributed by atoms with Crippen molar-refractivity contribution < 1.29 is 24.1 Å². The van der Waals surface area contributed by atoms with Crippen molar-refractivity contribution >= 4 is 20.4 Å². The Bertz CT molecular complexity index is 275. The van der Waals surface area contributed by atoms with Gasteiger partial charge in [0.05, 0.1) is 12.4 Å². The Balaban J connectivity index is 3.96. The number of nitrogens with one attached hydrogen (secondary N) is 2. The van der Waals surface area contributed by atoms with E-state index < -0.39 is 32.2 Å². The number of rotatable bonds is 7. The Hall–Kier alpha value is -0.910. The molecule has 0 aromatic carbocycles. The zero-order valence-electron chi connectivity index (χ0n) is 10.8. The molecule has 0 heterocycles. The summed E-state index contributed by atoms with van der Waals surface area (Å²) in [5.41, 5.74) is 0. The van der Waals surface area contributed by atoms with Crippen molar-refractivity contribution in [2.24, 2.45) is 0 Å². The normalized spacial score (nSPS) is 13.9. The maximum atomic E-state index is 11.5. The average Bonchev–Trinajstić information content (AvgIpc) is 2.28. The molecule has 0 spiro atoms. The van der Waals surface area contributed by atoms with E-state index in [0.717, 1.165) is 12.8 Å². The maximum absolute atomic E-state index is 11.5. The van der Waals surface area contributed by atoms with Crippen LogP contribution in [-0.2, 0) is 9.53 Å². The van der Waals surface area contributed by atoms with Crippen molar-refractivity contribution in [1.29, 1.82) is 0 Å². The first-order chi connectivity index (χ1) is 8.38. The lowest BCUT2D eigenvalue weighted by atomic mass is 10.3. The van der Waals surface area contributed by atoms with Gasteiger partial charge >= 0.3 is 6.09 Å². The molecule has 2 amide bonds. The van der Waals surface area contributed by atoms with Gasteiger partial charge in [-0.2, -0.15) is 0 Å². The summed E-state index contributed by atoms with van der Waals surface area (Å²) >= 11 is 0. The molecule has 7 nitrogen and oxygen atoms in total. The molecular weight excluding hydrogens is 259 g/mol. The van der Waals surface area contributed by atoms with E-state index in [2.05, 4.69) is 10.6 Å². The van der Waals surface area contributed by atoms with Gasteiger partial charge in [0.2, 0.25) is 5.91 Å². The zero-order valence-corrected chi connectivity index (χ0v) is 11.7. The molecule has 0 bridgehead atoms. The van der Waals surface area contributed by atoms with E-state index in [9.17, 15) is 9.59 Å². The summed E-state index contributed by atoms with van der Waals surface area (Å²) < 4.78 is 4.83. The van der Waals surface area contributed by atoms with E-state index in [4.69, 9.17) is 14.5 Å². The highest BCUT2D eigenvalue weighted by Gasteiger charge is 2.20. The number of unbranched alkanes of at least 4 members (excludes halogenated alkanes) is 1. The smallest absolute Gasteiger partial charge is 0.407 e. The average molecular weight is 280 g/mol. The van der Waals surface area contributed by atoms with Crippen LogP contribution in [0.4, 0.5) is 4.79 Å². The molecule has 4 N–H and O–H groups in total. The lowest BCUT2D eigenvalue weighted by molar-refractivity contribution is -0.122. The van der Waals surface area contributed by atoms with Crippen molar-refractivity contribution in [2.45, 2.75) is 45.4 Å². The van der Waals surface area contributed by atoms with Crippen molar-refractivity contribution in [3.05, 3.63) is 0 Å². The van der Waals surface area contributed by atoms with Gasteiger partial charge in [-0.3, -0.25) is 4.79 Å². The van der Waals surface area contributed by atoms with Crippen LogP contribution in [0.2, 0.25) is 0 Å². The first-order valence-electron chi connectivity index (χ1n) is 5.79. The Morgan fingerprint density at radius 2 is 1.89 bits per heavy atom. The minimum Gasteiger partial charge on any atom is -0.450 e. The molecule has 0 rings (SSSR count). The van der Waals surface area contributed by atoms with E-state index in [-0.39, 0.29) is 0 Å². The molecule has 2 atom stereocenters. The molecule has 0 saturated carbocycles. The van der Waals surface area contributed by atoms with Crippen molar-refractivity contribution in [2.75, 3.05) is 6.61 Å². The van der Waals surface area contributed by atoms with Gasteiger partial charge in [0.15, 0.2) is 8.38 Å². The van der Waals surface area contributed by atoms with Crippen LogP contribution >= 0.6 is 8.38 Å². The minimum absolute atomic E-state index is 0.311. The monoisotopic (exact) mass is 280 g/mol. The predicted octanol–water partition coefficient (Wildman–Crippen LogP) is 0.660. The van der Waals surface area contributed by atoms with Gasteiger partial charge in [0.1, 0.15) is 6.04 Å². The Morgan fingerprint density at radius 1 is 1.28 bits per heavy atom. The van der Waals surface area contributed by atoms with Crippen molar-refractivity contribution in [3.63, 3.8) is 0 Å². The zero-order chi connectivity index (χ0) is 14.1. The van der Waals surface area contributed by atoms with Gasteiger partial charge in [-0.1, -0.05) is 13.3 Å². The van der Waals surface area contributed by atoms with Crippen LogP contribution in [0.3, 0.4) is 0 Å². The molecule has 0 aromatic heterocycles. The van der Waals surface area contributed by atoms with E-state index in [1.54, 1.807) is 0 Å². The van der Waals surface area contributed by atoms with E-state index >= 15 is 0 Å². The number of carbonyl (C=O) groups is 2. The third-order valence-corrected chi connectivity index (χ3v) is 2.98. The fourth-order valence-corrected chi connectivity index (χ4v) is 1.22. The van der Waals surface area contributed by atoms with Crippen LogP contribution in [-0.4, -0.2) is 40.2 Å². The van der Waals surface area contributed by atoms with Crippen molar-refractivity contribution in [3.8, 4) is 0 Å². The summed E-state index contributed by atoms with van der Waals surface area (Å²) in [7, 11) is -2.23. The van der Waals surface area contributed by atoms with Gasteiger partial charge in [-0.25, -0.2) is 4.79 Å². The number of ether oxygens (including phenoxy) is 1. The molecule has 0 aliphatic rings. The highest BCUT2D eigenvalue weighted by molar-refractivity contribution is 7.45. The lowest BCUT2D eigenvalue weighted by Crippen LogP contribution is -2.47. The summed E-state index contributed by atoms with van der Waals surface area (Å²) in [6.07, 6.45) is 1.02. The molecule has 0 aliphatic carbocycles. The van der Waals surface area contributed by atoms with Gasteiger partial charge in [0.25, 0.3) is 0 Å². The maximum Gasteiger partial charge on any atom is 0.407 e. The highest BCUT2D eigenvalue weighted by atomic mass is 31.2. The van der Waals surface area contributed by atoms with Gasteiger partial charge in [-0.05, 0) is 20.3 Å². The molecular formula is C10H21N2O5P.